The van der Waals surface area contributed by atoms with E-state index in [1.807, 2.05) is 31.2 Å². The first kappa shape index (κ1) is 24.3. The quantitative estimate of drug-likeness (QED) is 0.344. The molecule has 8 nitrogen and oxygen atoms in total. The maximum absolute atomic E-state index is 9.89. The number of aromatic nitrogens is 4. The Morgan fingerprint density at radius 1 is 1.22 bits per heavy atom. The van der Waals surface area contributed by atoms with Gasteiger partial charge in [-0.3, -0.25) is 10.1 Å². The van der Waals surface area contributed by atoms with Gasteiger partial charge in [0.2, 0.25) is 0 Å². The minimum Gasteiger partial charge on any atom is -0.486 e. The molecule has 1 unspecified atom stereocenters. The van der Waals surface area contributed by atoms with Gasteiger partial charge in [-0.1, -0.05) is 23.2 Å². The van der Waals surface area contributed by atoms with Crippen molar-refractivity contribution in [2.24, 2.45) is 0 Å². The molecule has 36 heavy (non-hydrogen) atoms. The molecule has 184 valence electrons. The van der Waals surface area contributed by atoms with Crippen LogP contribution in [0.25, 0.3) is 22.2 Å². The van der Waals surface area contributed by atoms with Gasteiger partial charge in [0.25, 0.3) is 0 Å². The predicted molar refractivity (Wildman–Crippen MR) is 142 cm³/mol. The number of hydrogen-bond donors (Lipinski definition) is 1. The zero-order chi connectivity index (χ0) is 25.4. The summed E-state index contributed by atoms with van der Waals surface area (Å²) in [5, 5.41) is 19.2. The molecule has 4 aromatic rings. The van der Waals surface area contributed by atoms with Gasteiger partial charge in [0.05, 0.1) is 21.1 Å². The van der Waals surface area contributed by atoms with E-state index in [1.54, 1.807) is 18.6 Å². The Morgan fingerprint density at radius 2 is 2.00 bits per heavy atom. The van der Waals surface area contributed by atoms with E-state index >= 15 is 0 Å². The average molecular weight is 522 g/mol. The molecule has 10 heteroatoms. The maximum Gasteiger partial charge on any atom is 0.146 e. The Balaban J connectivity index is 1.45. The van der Waals surface area contributed by atoms with Gasteiger partial charge in [0.1, 0.15) is 29.4 Å². The summed E-state index contributed by atoms with van der Waals surface area (Å²) in [6.07, 6.45) is 5.58. The molecule has 1 aliphatic rings. The van der Waals surface area contributed by atoms with Crippen molar-refractivity contribution >= 4 is 39.9 Å². The van der Waals surface area contributed by atoms with Crippen LogP contribution in [0.1, 0.15) is 30.6 Å². The zero-order valence-electron chi connectivity index (χ0n) is 20.2. The van der Waals surface area contributed by atoms with Crippen LogP contribution in [-0.2, 0) is 0 Å². The van der Waals surface area contributed by atoms with E-state index in [0.29, 0.717) is 38.7 Å². The third-order valence-electron chi connectivity index (χ3n) is 6.40. The highest BCUT2D eigenvalue weighted by Crippen LogP contribution is 2.36. The highest BCUT2D eigenvalue weighted by Gasteiger charge is 2.31. The van der Waals surface area contributed by atoms with Gasteiger partial charge in [-0.25, -0.2) is 4.98 Å². The van der Waals surface area contributed by atoms with Crippen LogP contribution in [0.5, 0.6) is 5.75 Å². The summed E-state index contributed by atoms with van der Waals surface area (Å²) < 4.78 is 6.17. The lowest BCUT2D eigenvalue weighted by Gasteiger charge is -2.43. The lowest BCUT2D eigenvalue weighted by atomic mass is 10.0. The molecular formula is C26H25Cl2N7O. The average Bonchev–Trinajstić information content (AvgIpc) is 3.25. The number of ether oxygens (including phenoxy) is 1. The summed E-state index contributed by atoms with van der Waals surface area (Å²) in [7, 11) is 4.11. The smallest absolute Gasteiger partial charge is 0.146 e. The molecule has 5 rings (SSSR count). The van der Waals surface area contributed by atoms with E-state index in [0.717, 1.165) is 41.8 Å². The number of benzene rings is 1. The van der Waals surface area contributed by atoms with Crippen molar-refractivity contribution < 1.29 is 4.74 Å². The van der Waals surface area contributed by atoms with Crippen molar-refractivity contribution in [3.63, 3.8) is 0 Å². The number of halogens is 2. The largest absolute Gasteiger partial charge is 0.486 e. The number of likely N-dealkylation sites (N-methyl/N-ethyl adjacent to an activating group) is 1. The number of rotatable bonds is 7. The second-order valence-corrected chi connectivity index (χ2v) is 9.98. The zero-order valence-corrected chi connectivity index (χ0v) is 21.7. The summed E-state index contributed by atoms with van der Waals surface area (Å²) in [6, 6.07) is 10.2. The van der Waals surface area contributed by atoms with Crippen molar-refractivity contribution in [3.8, 4) is 23.1 Å². The summed E-state index contributed by atoms with van der Waals surface area (Å²) in [6.45, 7) is 3.71. The topological polar surface area (TPSA) is 94.0 Å². The first-order valence-electron chi connectivity index (χ1n) is 11.6. The molecule has 1 N–H and O–H groups in total. The minimum absolute atomic E-state index is 0.362. The summed E-state index contributed by atoms with van der Waals surface area (Å²) in [4.78, 5) is 13.0. The lowest BCUT2D eigenvalue weighted by Crippen LogP contribution is -2.53. The number of nitriles is 1. The molecule has 1 aromatic carbocycles. The van der Waals surface area contributed by atoms with Crippen LogP contribution in [0.4, 0.5) is 5.82 Å². The third kappa shape index (κ3) is 4.58. The first-order valence-corrected chi connectivity index (χ1v) is 12.4. The van der Waals surface area contributed by atoms with Gasteiger partial charge in [0, 0.05) is 54.2 Å². The van der Waals surface area contributed by atoms with Crippen molar-refractivity contribution in [1.29, 1.82) is 5.26 Å². The Labute approximate surface area is 219 Å². The van der Waals surface area contributed by atoms with Crippen LogP contribution in [0.3, 0.4) is 0 Å². The van der Waals surface area contributed by atoms with Crippen molar-refractivity contribution in [1.82, 2.24) is 25.1 Å². The van der Waals surface area contributed by atoms with E-state index in [4.69, 9.17) is 27.9 Å². The fourth-order valence-electron chi connectivity index (χ4n) is 4.59. The van der Waals surface area contributed by atoms with E-state index < -0.39 is 6.10 Å². The van der Waals surface area contributed by atoms with Crippen LogP contribution in [-0.4, -0.2) is 58.3 Å². The third-order valence-corrected chi connectivity index (χ3v) is 7.00. The van der Waals surface area contributed by atoms with Gasteiger partial charge in [-0.05, 0) is 51.7 Å². The fraction of sp³-hybridized carbons (Fsp3) is 0.308. The highest BCUT2D eigenvalue weighted by molar-refractivity contribution is 6.35. The number of anilines is 1. The Hall–Kier alpha value is -3.38. The Morgan fingerprint density at radius 3 is 2.67 bits per heavy atom. The number of fused-ring (bicyclic) bond motifs is 1. The second kappa shape index (κ2) is 9.94. The summed E-state index contributed by atoms with van der Waals surface area (Å²) in [5.41, 5.74) is 3.53. The van der Waals surface area contributed by atoms with Crippen LogP contribution >= 0.6 is 23.2 Å². The van der Waals surface area contributed by atoms with E-state index in [-0.39, 0.29) is 0 Å². The van der Waals surface area contributed by atoms with Crippen LogP contribution in [0, 0.1) is 11.3 Å². The number of nitrogens with zero attached hydrogens (tertiary/aromatic N) is 6. The molecule has 0 aliphatic carbocycles. The number of nitrogens with one attached hydrogen (secondary N) is 1. The summed E-state index contributed by atoms with van der Waals surface area (Å²) in [5.74, 6) is 1.36. The molecule has 4 heterocycles. The fourth-order valence-corrected chi connectivity index (χ4v) is 5.26. The molecule has 1 saturated heterocycles. The number of pyridine rings is 2. The van der Waals surface area contributed by atoms with Crippen molar-refractivity contribution in [2.45, 2.75) is 25.5 Å². The van der Waals surface area contributed by atoms with Crippen molar-refractivity contribution in [2.75, 3.05) is 32.1 Å². The maximum atomic E-state index is 9.89. The van der Waals surface area contributed by atoms with Crippen LogP contribution < -0.4 is 9.64 Å². The Kier molecular flexibility index (Phi) is 6.71. The molecule has 0 amide bonds. The molecule has 0 radical (unpaired) electrons. The second-order valence-electron chi connectivity index (χ2n) is 9.16. The first-order chi connectivity index (χ1) is 17.4. The lowest BCUT2D eigenvalue weighted by molar-refractivity contribution is 0.227. The minimum atomic E-state index is -0.390. The van der Waals surface area contributed by atoms with Gasteiger partial charge in [0.15, 0.2) is 0 Å². The van der Waals surface area contributed by atoms with Gasteiger partial charge in [-0.2, -0.15) is 10.4 Å². The Bertz CT molecular complexity index is 1440. The van der Waals surface area contributed by atoms with Crippen LogP contribution in [0.2, 0.25) is 10.0 Å². The molecule has 0 saturated carbocycles. The SMILES string of the molecule is C[C@@H](Oc1ccc2[nH]nc(-c3cnc(N4CCC4CN(C)C)c(C#N)c3)c2c1)c1c(Cl)cncc1Cl. The standard InChI is InChI=1S/C26H25Cl2N7O/c1-15(24-21(27)12-30-13-22(24)28)36-19-4-5-23-20(9-19)25(33-32-23)17-8-16(10-29)26(31-11-17)35-7-6-18(35)14-34(2)3/h4-5,8-9,11-13,15,18H,6-7,14H2,1-3H3,(H,32,33)/t15-,18?/m1/s1. The molecule has 2 atom stereocenters. The highest BCUT2D eigenvalue weighted by atomic mass is 35.5. The molecule has 0 spiro atoms. The number of hydrogen-bond acceptors (Lipinski definition) is 7. The molecular weight excluding hydrogens is 497 g/mol. The van der Waals surface area contributed by atoms with Gasteiger partial charge < -0.3 is 14.5 Å². The van der Waals surface area contributed by atoms with Gasteiger partial charge in [-0.15, -0.1) is 0 Å². The number of H-pyrrole nitrogens is 1. The molecule has 1 fully saturated rings. The molecule has 0 bridgehead atoms. The summed E-state index contributed by atoms with van der Waals surface area (Å²) >= 11 is 12.6. The van der Waals surface area contributed by atoms with E-state index in [2.05, 4.69) is 50.1 Å². The number of aromatic amines is 1. The molecule has 3 aromatic heterocycles. The van der Waals surface area contributed by atoms with Crippen molar-refractivity contribution in [3.05, 3.63) is 64.0 Å². The van der Waals surface area contributed by atoms with Crippen LogP contribution in [0.15, 0.2) is 42.9 Å². The van der Waals surface area contributed by atoms with E-state index in [9.17, 15) is 5.26 Å². The molecule has 1 aliphatic heterocycles. The normalized spacial score (nSPS) is 16.1. The monoisotopic (exact) mass is 521 g/mol. The van der Waals surface area contributed by atoms with E-state index in [1.165, 1.54) is 0 Å². The van der Waals surface area contributed by atoms with Gasteiger partial charge >= 0.3 is 0 Å². The predicted octanol–water partition coefficient (Wildman–Crippen LogP) is 5.48.